The molecule has 0 heterocycles. The van der Waals surface area contributed by atoms with E-state index in [2.05, 4.69) is 0 Å². The van der Waals surface area contributed by atoms with Crippen molar-refractivity contribution in [2.45, 2.75) is 12.3 Å². The van der Waals surface area contributed by atoms with Gasteiger partial charge in [-0.2, -0.15) is 0 Å². The molecule has 38 heavy (non-hydrogen) atoms. The topological polar surface area (TPSA) is 68.3 Å². The van der Waals surface area contributed by atoms with Crippen LogP contribution in [-0.2, 0) is 4.79 Å². The van der Waals surface area contributed by atoms with Gasteiger partial charge in [0.05, 0.1) is 21.3 Å². The first-order valence-electron chi connectivity index (χ1n) is 12.0. The van der Waals surface area contributed by atoms with Gasteiger partial charge in [0, 0.05) is 45.1 Å². The zero-order valence-corrected chi connectivity index (χ0v) is 22.2. The molecule has 0 N–H and O–H groups in total. The molecule has 3 rings (SSSR count). The number of hydrogen-bond donors (Lipinski definition) is 0. The highest BCUT2D eigenvalue weighted by Gasteiger charge is 2.23. The fraction of sp³-hybridized carbons (Fsp3) is 0.310. The van der Waals surface area contributed by atoms with Crippen LogP contribution in [0.4, 0.5) is 8.78 Å². The van der Waals surface area contributed by atoms with Crippen LogP contribution in [0.1, 0.15) is 33.8 Å². The first-order valence-corrected chi connectivity index (χ1v) is 12.0. The van der Waals surface area contributed by atoms with Gasteiger partial charge in [-0.15, -0.1) is 0 Å². The summed E-state index contributed by atoms with van der Waals surface area (Å²) in [5, 5.41) is 0. The third-order valence-corrected chi connectivity index (χ3v) is 6.38. The van der Waals surface area contributed by atoms with Gasteiger partial charge < -0.3 is 24.0 Å². The highest BCUT2D eigenvalue weighted by molar-refractivity contribution is 5.95. The van der Waals surface area contributed by atoms with Crippen molar-refractivity contribution in [2.24, 2.45) is 0 Å². The predicted octanol–water partition coefficient (Wildman–Crippen LogP) is 4.74. The van der Waals surface area contributed by atoms with E-state index < -0.39 is 0 Å². The number of benzene rings is 3. The number of rotatable bonds is 11. The number of hydrogen-bond acceptors (Lipinski definition) is 5. The molecule has 0 saturated heterocycles. The van der Waals surface area contributed by atoms with Crippen LogP contribution in [0.3, 0.4) is 0 Å². The molecule has 0 unspecified atom stereocenters. The van der Waals surface area contributed by atoms with Gasteiger partial charge in [0.1, 0.15) is 11.6 Å². The maximum atomic E-state index is 13.5. The van der Waals surface area contributed by atoms with Crippen LogP contribution in [0, 0.1) is 11.6 Å². The van der Waals surface area contributed by atoms with Gasteiger partial charge in [-0.1, -0.05) is 24.3 Å². The van der Waals surface area contributed by atoms with Crippen LogP contribution >= 0.6 is 0 Å². The Morgan fingerprint density at radius 2 is 1.18 bits per heavy atom. The fourth-order valence-corrected chi connectivity index (χ4v) is 4.10. The summed E-state index contributed by atoms with van der Waals surface area (Å²) in [6.45, 7) is 0.556. The van der Waals surface area contributed by atoms with E-state index in [1.807, 2.05) is 0 Å². The van der Waals surface area contributed by atoms with Crippen molar-refractivity contribution in [3.05, 3.63) is 89.0 Å². The maximum Gasteiger partial charge on any atom is 0.253 e. The number of methoxy groups -OCH3 is 3. The van der Waals surface area contributed by atoms with Crippen molar-refractivity contribution >= 4 is 11.8 Å². The molecule has 9 heteroatoms. The fourth-order valence-electron chi connectivity index (χ4n) is 4.10. The molecular formula is C29H32F2N2O5. The first kappa shape index (κ1) is 28.4. The van der Waals surface area contributed by atoms with Crippen molar-refractivity contribution in [3.8, 4) is 17.2 Å². The van der Waals surface area contributed by atoms with Gasteiger partial charge in [0.2, 0.25) is 11.7 Å². The van der Waals surface area contributed by atoms with E-state index in [4.69, 9.17) is 14.2 Å². The molecular weight excluding hydrogens is 494 g/mol. The number of carbonyl (C=O) groups excluding carboxylic acids is 2. The minimum absolute atomic E-state index is 0.0955. The highest BCUT2D eigenvalue weighted by Crippen LogP contribution is 2.38. The summed E-state index contributed by atoms with van der Waals surface area (Å²) in [7, 11) is 7.73. The summed E-state index contributed by atoms with van der Waals surface area (Å²) in [4.78, 5) is 29.3. The lowest BCUT2D eigenvalue weighted by Crippen LogP contribution is -2.37. The van der Waals surface area contributed by atoms with Crippen LogP contribution in [0.5, 0.6) is 17.2 Å². The molecule has 7 nitrogen and oxygen atoms in total. The third kappa shape index (κ3) is 6.79. The van der Waals surface area contributed by atoms with Crippen molar-refractivity contribution in [2.75, 3.05) is 48.5 Å². The van der Waals surface area contributed by atoms with Gasteiger partial charge in [0.25, 0.3) is 5.91 Å². The van der Waals surface area contributed by atoms with Crippen molar-refractivity contribution in [1.82, 2.24) is 9.80 Å². The highest BCUT2D eigenvalue weighted by atomic mass is 19.1. The van der Waals surface area contributed by atoms with Crippen LogP contribution in [0.25, 0.3) is 0 Å². The predicted molar refractivity (Wildman–Crippen MR) is 140 cm³/mol. The summed E-state index contributed by atoms with van der Waals surface area (Å²) in [6, 6.07) is 15.0. The SMILES string of the molecule is COc1cc(C(=O)N(C)CCN(C)C(=O)CC(c2ccc(F)cc2)c2ccc(F)cc2)cc(OC)c1OC. The van der Waals surface area contributed by atoms with Gasteiger partial charge >= 0.3 is 0 Å². The average molecular weight is 527 g/mol. The van der Waals surface area contributed by atoms with Gasteiger partial charge in [-0.05, 0) is 47.5 Å². The number of halogens is 2. The van der Waals surface area contributed by atoms with Crippen LogP contribution < -0.4 is 14.2 Å². The second-order valence-corrected chi connectivity index (χ2v) is 8.82. The van der Waals surface area contributed by atoms with E-state index in [0.717, 1.165) is 11.1 Å². The Bertz CT molecular complexity index is 1180. The van der Waals surface area contributed by atoms with Crippen molar-refractivity contribution in [3.63, 3.8) is 0 Å². The smallest absolute Gasteiger partial charge is 0.253 e. The number of carbonyl (C=O) groups is 2. The van der Waals surface area contributed by atoms with E-state index in [0.29, 0.717) is 22.8 Å². The molecule has 3 aromatic carbocycles. The monoisotopic (exact) mass is 526 g/mol. The Hall–Kier alpha value is -4.14. The van der Waals surface area contributed by atoms with Crippen molar-refractivity contribution < 1.29 is 32.6 Å². The minimum Gasteiger partial charge on any atom is -0.493 e. The standard InChI is InChI=1S/C29H32F2N2O5/c1-32(14-15-33(2)29(35)21-16-25(36-3)28(38-5)26(17-21)37-4)27(34)18-24(19-6-10-22(30)11-7-19)20-8-12-23(31)13-9-20/h6-13,16-17,24H,14-15,18H2,1-5H3. The second-order valence-electron chi connectivity index (χ2n) is 8.82. The molecule has 0 aromatic heterocycles. The van der Waals surface area contributed by atoms with E-state index in [1.54, 1.807) is 55.4 Å². The molecule has 0 atom stereocenters. The average Bonchev–Trinajstić information content (AvgIpc) is 2.94. The lowest BCUT2D eigenvalue weighted by molar-refractivity contribution is -0.130. The van der Waals surface area contributed by atoms with Gasteiger partial charge in [-0.3, -0.25) is 9.59 Å². The molecule has 0 aliphatic rings. The maximum absolute atomic E-state index is 13.5. The zero-order chi connectivity index (χ0) is 27.8. The Morgan fingerprint density at radius 1 is 0.737 bits per heavy atom. The summed E-state index contributed by atoms with van der Waals surface area (Å²) in [5.41, 5.74) is 1.84. The van der Waals surface area contributed by atoms with Crippen LogP contribution in [0.15, 0.2) is 60.7 Å². The number of nitrogens with zero attached hydrogens (tertiary/aromatic N) is 2. The first-order chi connectivity index (χ1) is 18.2. The summed E-state index contributed by atoms with van der Waals surface area (Å²) >= 11 is 0. The lowest BCUT2D eigenvalue weighted by atomic mass is 9.88. The summed E-state index contributed by atoms with van der Waals surface area (Å²) in [6.07, 6.45) is 0.0955. The van der Waals surface area contributed by atoms with E-state index in [9.17, 15) is 18.4 Å². The quantitative estimate of drug-likeness (QED) is 0.361. The Morgan fingerprint density at radius 3 is 1.61 bits per heavy atom. The summed E-state index contributed by atoms with van der Waals surface area (Å²) < 4.78 is 43.0. The molecule has 2 amide bonds. The van der Waals surface area contributed by atoms with E-state index in [1.165, 1.54) is 50.5 Å². The Labute approximate surface area is 221 Å². The molecule has 0 spiro atoms. The van der Waals surface area contributed by atoms with Crippen LogP contribution in [-0.4, -0.2) is 70.1 Å². The van der Waals surface area contributed by atoms with E-state index in [-0.39, 0.29) is 48.9 Å². The number of likely N-dealkylation sites (N-methyl/N-ethyl adjacent to an activating group) is 2. The second kappa shape index (κ2) is 12.9. The summed E-state index contributed by atoms with van der Waals surface area (Å²) in [5.74, 6) is -0.476. The van der Waals surface area contributed by atoms with Gasteiger partial charge in [-0.25, -0.2) is 8.78 Å². The van der Waals surface area contributed by atoms with Crippen molar-refractivity contribution in [1.29, 1.82) is 0 Å². The van der Waals surface area contributed by atoms with Gasteiger partial charge in [0.15, 0.2) is 11.5 Å². The Balaban J connectivity index is 1.69. The molecule has 0 fully saturated rings. The third-order valence-electron chi connectivity index (χ3n) is 6.38. The zero-order valence-electron chi connectivity index (χ0n) is 22.2. The largest absolute Gasteiger partial charge is 0.493 e. The minimum atomic E-state index is -0.384. The molecule has 0 aliphatic carbocycles. The number of ether oxygens (including phenoxy) is 3. The molecule has 202 valence electrons. The molecule has 3 aromatic rings. The molecule has 0 saturated carbocycles. The van der Waals surface area contributed by atoms with E-state index >= 15 is 0 Å². The lowest BCUT2D eigenvalue weighted by Gasteiger charge is -2.25. The molecule has 0 aliphatic heterocycles. The number of amides is 2. The van der Waals surface area contributed by atoms with Crippen LogP contribution in [0.2, 0.25) is 0 Å². The molecule has 0 radical (unpaired) electrons. The molecule has 0 bridgehead atoms. The Kier molecular flexibility index (Phi) is 9.65. The normalized spacial score (nSPS) is 10.7.